The second-order valence-electron chi connectivity index (χ2n) is 7.79. The van der Waals surface area contributed by atoms with Crippen LogP contribution in [0.5, 0.6) is 0 Å². The van der Waals surface area contributed by atoms with Crippen LogP contribution in [0.2, 0.25) is 5.02 Å². The molecular weight excluding hydrogens is 432 g/mol. The van der Waals surface area contributed by atoms with Crippen LogP contribution in [0.15, 0.2) is 91.0 Å². The lowest BCUT2D eigenvalue weighted by Gasteiger charge is -2.12. The van der Waals surface area contributed by atoms with Gasteiger partial charge in [-0.1, -0.05) is 66.2 Å². The number of benzene rings is 4. The van der Waals surface area contributed by atoms with Gasteiger partial charge in [0.05, 0.1) is 10.7 Å². The van der Waals surface area contributed by atoms with E-state index in [1.54, 1.807) is 30.3 Å². The molecule has 0 aliphatic carbocycles. The van der Waals surface area contributed by atoms with Gasteiger partial charge in [0.1, 0.15) is 0 Å². The SMILES string of the molecule is Cc1cccc(NC(=O)c2ccc(Cl)c(NC(=O)c3ccc(-c4ccccc4)cc3)c2)c1C. The Balaban J connectivity index is 1.50. The topological polar surface area (TPSA) is 58.2 Å². The first-order chi connectivity index (χ1) is 15.9. The Morgan fingerprint density at radius 2 is 1.24 bits per heavy atom. The Morgan fingerprint density at radius 1 is 0.636 bits per heavy atom. The van der Waals surface area contributed by atoms with E-state index < -0.39 is 0 Å². The molecule has 0 aliphatic rings. The number of amides is 2. The van der Waals surface area contributed by atoms with Crippen molar-refractivity contribution in [3.8, 4) is 11.1 Å². The van der Waals surface area contributed by atoms with Gasteiger partial charge in [0.25, 0.3) is 11.8 Å². The zero-order valence-electron chi connectivity index (χ0n) is 18.4. The first-order valence-electron chi connectivity index (χ1n) is 10.6. The third-order valence-electron chi connectivity index (χ3n) is 5.58. The highest BCUT2D eigenvalue weighted by Gasteiger charge is 2.14. The maximum Gasteiger partial charge on any atom is 0.255 e. The van der Waals surface area contributed by atoms with Crippen LogP contribution < -0.4 is 10.6 Å². The van der Waals surface area contributed by atoms with Gasteiger partial charge in [-0.3, -0.25) is 9.59 Å². The van der Waals surface area contributed by atoms with Crippen LogP contribution in [0.25, 0.3) is 11.1 Å². The Bertz CT molecular complexity index is 1320. The van der Waals surface area contributed by atoms with Crippen molar-refractivity contribution in [1.82, 2.24) is 0 Å². The normalized spacial score (nSPS) is 10.5. The summed E-state index contributed by atoms with van der Waals surface area (Å²) in [5.41, 5.74) is 6.22. The van der Waals surface area contributed by atoms with Gasteiger partial charge in [-0.25, -0.2) is 0 Å². The van der Waals surface area contributed by atoms with Crippen molar-refractivity contribution >= 4 is 34.8 Å². The number of nitrogens with one attached hydrogen (secondary N) is 2. The van der Waals surface area contributed by atoms with E-state index >= 15 is 0 Å². The third-order valence-corrected chi connectivity index (χ3v) is 5.91. The molecule has 0 aliphatic heterocycles. The highest BCUT2D eigenvalue weighted by atomic mass is 35.5. The molecule has 0 fully saturated rings. The van der Waals surface area contributed by atoms with E-state index in [1.165, 1.54) is 0 Å². The van der Waals surface area contributed by atoms with Crippen molar-refractivity contribution in [1.29, 1.82) is 0 Å². The zero-order chi connectivity index (χ0) is 23.4. The van der Waals surface area contributed by atoms with Gasteiger partial charge < -0.3 is 10.6 Å². The lowest BCUT2D eigenvalue weighted by atomic mass is 10.0. The molecule has 0 radical (unpaired) electrons. The Labute approximate surface area is 198 Å². The molecule has 4 aromatic rings. The fourth-order valence-electron chi connectivity index (χ4n) is 3.48. The van der Waals surface area contributed by atoms with E-state index in [2.05, 4.69) is 10.6 Å². The van der Waals surface area contributed by atoms with Crippen molar-refractivity contribution in [3.05, 3.63) is 118 Å². The third kappa shape index (κ3) is 5.13. The summed E-state index contributed by atoms with van der Waals surface area (Å²) in [6, 6.07) is 27.9. The zero-order valence-corrected chi connectivity index (χ0v) is 19.1. The molecular formula is C28H23ClN2O2. The van der Waals surface area contributed by atoms with Gasteiger partial charge in [-0.15, -0.1) is 0 Å². The van der Waals surface area contributed by atoms with Crippen LogP contribution in [-0.2, 0) is 0 Å². The minimum atomic E-state index is -0.302. The molecule has 5 heteroatoms. The summed E-state index contributed by atoms with van der Waals surface area (Å²) < 4.78 is 0. The Kier molecular flexibility index (Phi) is 6.57. The van der Waals surface area contributed by atoms with Crippen molar-refractivity contribution in [2.24, 2.45) is 0 Å². The maximum absolute atomic E-state index is 12.8. The first kappa shape index (κ1) is 22.3. The molecule has 0 aromatic heterocycles. The van der Waals surface area contributed by atoms with E-state index in [1.807, 2.05) is 74.5 Å². The molecule has 0 spiro atoms. The molecule has 2 amide bonds. The molecule has 2 N–H and O–H groups in total. The standard InChI is InChI=1S/C28H23ClN2O2/c1-18-7-6-10-25(19(18)2)30-28(33)23-15-16-24(29)26(17-23)31-27(32)22-13-11-21(12-14-22)20-8-4-3-5-9-20/h3-17H,1-2H3,(H,30,33)(H,31,32). The van der Waals surface area contributed by atoms with Crippen LogP contribution >= 0.6 is 11.6 Å². The lowest BCUT2D eigenvalue weighted by molar-refractivity contribution is 0.101. The van der Waals surface area contributed by atoms with Gasteiger partial charge in [-0.05, 0) is 72.5 Å². The maximum atomic E-state index is 12.8. The van der Waals surface area contributed by atoms with Crippen LogP contribution in [0, 0.1) is 13.8 Å². The summed E-state index contributed by atoms with van der Waals surface area (Å²) >= 11 is 6.30. The summed E-state index contributed by atoms with van der Waals surface area (Å²) in [6.45, 7) is 3.95. The smallest absolute Gasteiger partial charge is 0.255 e. The second-order valence-corrected chi connectivity index (χ2v) is 8.20. The van der Waals surface area contributed by atoms with Crippen LogP contribution in [-0.4, -0.2) is 11.8 Å². The number of carbonyl (C=O) groups is 2. The van der Waals surface area contributed by atoms with Gasteiger partial charge in [0, 0.05) is 16.8 Å². The average molecular weight is 455 g/mol. The van der Waals surface area contributed by atoms with Crippen LogP contribution in [0.4, 0.5) is 11.4 Å². The lowest BCUT2D eigenvalue weighted by Crippen LogP contribution is -2.15. The number of anilines is 2. The molecule has 0 saturated carbocycles. The second kappa shape index (κ2) is 9.72. The highest BCUT2D eigenvalue weighted by molar-refractivity contribution is 6.34. The van der Waals surface area contributed by atoms with Gasteiger partial charge in [-0.2, -0.15) is 0 Å². The van der Waals surface area contributed by atoms with Gasteiger partial charge >= 0.3 is 0 Å². The van der Waals surface area contributed by atoms with Gasteiger partial charge in [0.2, 0.25) is 0 Å². The van der Waals surface area contributed by atoms with Crippen molar-refractivity contribution in [2.75, 3.05) is 10.6 Å². The van der Waals surface area contributed by atoms with E-state index in [0.717, 1.165) is 27.9 Å². The molecule has 0 unspecified atom stereocenters. The number of hydrogen-bond donors (Lipinski definition) is 2. The van der Waals surface area contributed by atoms with Crippen molar-refractivity contribution < 1.29 is 9.59 Å². The Hall–Kier alpha value is -3.89. The van der Waals surface area contributed by atoms with E-state index in [4.69, 9.17) is 11.6 Å². The molecule has 164 valence electrons. The fourth-order valence-corrected chi connectivity index (χ4v) is 3.65. The van der Waals surface area contributed by atoms with E-state index in [9.17, 15) is 9.59 Å². The summed E-state index contributed by atoms with van der Waals surface area (Å²) in [6.07, 6.45) is 0. The van der Waals surface area contributed by atoms with E-state index in [0.29, 0.717) is 21.8 Å². The predicted octanol–water partition coefficient (Wildman–Crippen LogP) is 7.13. The summed E-state index contributed by atoms with van der Waals surface area (Å²) in [7, 11) is 0. The van der Waals surface area contributed by atoms with E-state index in [-0.39, 0.29) is 11.8 Å². The van der Waals surface area contributed by atoms with Crippen molar-refractivity contribution in [3.63, 3.8) is 0 Å². The summed E-state index contributed by atoms with van der Waals surface area (Å²) in [4.78, 5) is 25.6. The number of aryl methyl sites for hydroxylation is 1. The van der Waals surface area contributed by atoms with Crippen LogP contribution in [0.3, 0.4) is 0 Å². The largest absolute Gasteiger partial charge is 0.322 e. The predicted molar refractivity (Wildman–Crippen MR) is 135 cm³/mol. The quantitative estimate of drug-likeness (QED) is 0.337. The molecule has 0 atom stereocenters. The monoisotopic (exact) mass is 454 g/mol. The molecule has 4 rings (SSSR count). The summed E-state index contributed by atoms with van der Waals surface area (Å²) in [5.74, 6) is -0.577. The number of rotatable bonds is 5. The number of halogens is 1. The molecule has 0 saturated heterocycles. The summed E-state index contributed by atoms with van der Waals surface area (Å²) in [5, 5.41) is 6.09. The Morgan fingerprint density at radius 3 is 1.97 bits per heavy atom. The molecule has 4 nitrogen and oxygen atoms in total. The number of carbonyl (C=O) groups excluding carboxylic acids is 2. The minimum Gasteiger partial charge on any atom is -0.322 e. The molecule has 0 bridgehead atoms. The molecule has 33 heavy (non-hydrogen) atoms. The number of hydrogen-bond acceptors (Lipinski definition) is 2. The van der Waals surface area contributed by atoms with Gasteiger partial charge in [0.15, 0.2) is 0 Å². The molecule has 0 heterocycles. The highest BCUT2D eigenvalue weighted by Crippen LogP contribution is 2.26. The minimum absolute atomic E-state index is 0.275. The fraction of sp³-hybridized carbons (Fsp3) is 0.0714. The van der Waals surface area contributed by atoms with Crippen molar-refractivity contribution in [2.45, 2.75) is 13.8 Å². The first-order valence-corrected chi connectivity index (χ1v) is 10.9. The van der Waals surface area contributed by atoms with Crippen LogP contribution in [0.1, 0.15) is 31.8 Å². The average Bonchev–Trinajstić information content (AvgIpc) is 2.84. The molecule has 4 aromatic carbocycles.